The molecule has 148 valence electrons. The fourth-order valence-corrected chi connectivity index (χ4v) is 3.58. The van der Waals surface area contributed by atoms with Crippen LogP contribution >= 0.6 is 11.8 Å². The number of nitrogens with one attached hydrogen (secondary N) is 1. The van der Waals surface area contributed by atoms with Crippen LogP contribution < -0.4 is 10.2 Å². The largest absolute Gasteiger partial charge is 0.352 e. The van der Waals surface area contributed by atoms with Crippen molar-refractivity contribution >= 4 is 40.5 Å². The van der Waals surface area contributed by atoms with Crippen LogP contribution in [0.15, 0.2) is 77.9 Å². The fourth-order valence-electron chi connectivity index (χ4n) is 2.63. The van der Waals surface area contributed by atoms with E-state index in [1.807, 2.05) is 30.3 Å². The van der Waals surface area contributed by atoms with Crippen molar-refractivity contribution in [2.75, 3.05) is 11.4 Å². The van der Waals surface area contributed by atoms with E-state index in [4.69, 9.17) is 0 Å². The minimum atomic E-state index is -0.486. The Morgan fingerprint density at radius 3 is 2.59 bits per heavy atom. The van der Waals surface area contributed by atoms with Gasteiger partial charge in [-0.1, -0.05) is 48.2 Å². The van der Waals surface area contributed by atoms with Gasteiger partial charge in [0.25, 0.3) is 5.91 Å². The highest BCUT2D eigenvalue weighted by molar-refractivity contribution is 8.15. The minimum Gasteiger partial charge on any atom is -0.352 e. The monoisotopic (exact) mass is 409 g/mol. The van der Waals surface area contributed by atoms with Gasteiger partial charge in [0.2, 0.25) is 5.91 Å². The Morgan fingerprint density at radius 1 is 1.24 bits per heavy atom. The number of rotatable bonds is 6. The molecule has 1 aliphatic heterocycles. The van der Waals surface area contributed by atoms with Gasteiger partial charge in [-0.2, -0.15) is 0 Å². The summed E-state index contributed by atoms with van der Waals surface area (Å²) >= 11 is 1.17. The van der Waals surface area contributed by atoms with Crippen molar-refractivity contribution in [2.24, 2.45) is 4.99 Å². The zero-order chi connectivity index (χ0) is 20.8. The zero-order valence-corrected chi connectivity index (χ0v) is 16.7. The summed E-state index contributed by atoms with van der Waals surface area (Å²) in [5.74, 6) is -0.921. The number of anilines is 1. The summed E-state index contributed by atoms with van der Waals surface area (Å²) in [6.07, 6.45) is 3.28. The summed E-state index contributed by atoms with van der Waals surface area (Å²) in [4.78, 5) is 31.1. The van der Waals surface area contributed by atoms with E-state index in [1.165, 1.54) is 40.9 Å². The molecule has 2 aromatic carbocycles. The Bertz CT molecular complexity index is 971. The van der Waals surface area contributed by atoms with E-state index in [0.717, 1.165) is 5.56 Å². The number of carbonyl (C=O) groups excluding carboxylic acids is 2. The molecule has 0 bridgehead atoms. The number of amidine groups is 1. The molecule has 1 N–H and O–H groups in total. The van der Waals surface area contributed by atoms with Crippen LogP contribution in [-0.2, 0) is 9.59 Å². The van der Waals surface area contributed by atoms with E-state index in [0.29, 0.717) is 17.4 Å². The Hall–Kier alpha value is -3.19. The standard InChI is InChI=1S/C22H20FN3O2S/c1-3-13-24-20(27)15(2)29-22-25-19(14-16-7-5-4-6-8-16)21(28)26(22)18-11-9-17(23)10-12-18/h3-12,14-15H,1,13H2,2H3,(H,24,27)/b19-14-/t15-/m1/s1. The van der Waals surface area contributed by atoms with E-state index in [9.17, 15) is 14.0 Å². The normalized spacial score (nSPS) is 15.9. The second-order valence-electron chi connectivity index (χ2n) is 6.25. The SMILES string of the molecule is C=CCNC(=O)[C@@H](C)SC1=N/C(=C\c2ccccc2)C(=O)N1c1ccc(F)cc1. The first-order chi connectivity index (χ1) is 14.0. The average Bonchev–Trinajstić information content (AvgIpc) is 3.02. The number of amides is 2. The maximum absolute atomic E-state index is 13.4. The first-order valence-electron chi connectivity index (χ1n) is 9.00. The zero-order valence-electron chi connectivity index (χ0n) is 15.8. The second kappa shape index (κ2) is 9.34. The lowest BCUT2D eigenvalue weighted by Crippen LogP contribution is -2.35. The molecule has 2 amide bonds. The molecule has 3 rings (SSSR count). The van der Waals surface area contributed by atoms with Crippen LogP contribution in [0, 0.1) is 5.82 Å². The van der Waals surface area contributed by atoms with Crippen molar-refractivity contribution in [2.45, 2.75) is 12.2 Å². The van der Waals surface area contributed by atoms with E-state index >= 15 is 0 Å². The number of hydrogen-bond acceptors (Lipinski definition) is 4. The molecule has 0 aromatic heterocycles. The van der Waals surface area contributed by atoms with Crippen LogP contribution in [0.2, 0.25) is 0 Å². The lowest BCUT2D eigenvalue weighted by Gasteiger charge is -2.19. The summed E-state index contributed by atoms with van der Waals surface area (Å²) in [6.45, 7) is 5.67. The third-order valence-electron chi connectivity index (χ3n) is 4.09. The summed E-state index contributed by atoms with van der Waals surface area (Å²) in [6, 6.07) is 15.0. The van der Waals surface area contributed by atoms with E-state index in [2.05, 4.69) is 16.9 Å². The van der Waals surface area contributed by atoms with Gasteiger partial charge < -0.3 is 5.32 Å². The highest BCUT2D eigenvalue weighted by Crippen LogP contribution is 2.31. The first-order valence-corrected chi connectivity index (χ1v) is 9.88. The summed E-state index contributed by atoms with van der Waals surface area (Å²) < 4.78 is 13.4. The lowest BCUT2D eigenvalue weighted by atomic mass is 10.2. The predicted octanol–water partition coefficient (Wildman–Crippen LogP) is 3.99. The fraction of sp³-hybridized carbons (Fsp3) is 0.136. The number of hydrogen-bond donors (Lipinski definition) is 1. The van der Waals surface area contributed by atoms with Crippen molar-refractivity contribution in [1.29, 1.82) is 0 Å². The molecule has 1 heterocycles. The quantitative estimate of drug-likeness (QED) is 0.580. The molecule has 1 atom stereocenters. The van der Waals surface area contributed by atoms with E-state index < -0.39 is 11.1 Å². The van der Waals surface area contributed by atoms with Crippen molar-refractivity contribution in [3.63, 3.8) is 0 Å². The smallest absolute Gasteiger partial charge is 0.283 e. The minimum absolute atomic E-state index is 0.190. The Balaban J connectivity index is 1.92. The number of nitrogens with zero attached hydrogens (tertiary/aromatic N) is 2. The summed E-state index contributed by atoms with van der Waals surface area (Å²) in [7, 11) is 0. The van der Waals surface area contributed by atoms with Gasteiger partial charge in [-0.3, -0.25) is 14.5 Å². The Morgan fingerprint density at radius 2 is 1.93 bits per heavy atom. The summed E-state index contributed by atoms with van der Waals surface area (Å²) in [5, 5.41) is 2.61. The molecule has 1 aliphatic rings. The van der Waals surface area contributed by atoms with E-state index in [1.54, 1.807) is 19.1 Å². The van der Waals surface area contributed by atoms with Crippen LogP contribution in [0.1, 0.15) is 12.5 Å². The molecule has 0 spiro atoms. The third kappa shape index (κ3) is 5.00. The maximum atomic E-state index is 13.4. The van der Waals surface area contributed by atoms with Gasteiger partial charge in [-0.25, -0.2) is 9.38 Å². The van der Waals surface area contributed by atoms with Gasteiger partial charge in [0.05, 0.1) is 10.9 Å². The van der Waals surface area contributed by atoms with Crippen LogP contribution in [0.3, 0.4) is 0 Å². The van der Waals surface area contributed by atoms with Gasteiger partial charge in [0.1, 0.15) is 11.5 Å². The number of halogens is 1. The predicted molar refractivity (Wildman–Crippen MR) is 116 cm³/mol. The van der Waals surface area contributed by atoms with Crippen LogP contribution in [0.25, 0.3) is 6.08 Å². The van der Waals surface area contributed by atoms with E-state index in [-0.39, 0.29) is 17.5 Å². The lowest BCUT2D eigenvalue weighted by molar-refractivity contribution is -0.120. The number of carbonyl (C=O) groups is 2. The molecule has 5 nitrogen and oxygen atoms in total. The van der Waals surface area contributed by atoms with Gasteiger partial charge in [-0.05, 0) is 42.8 Å². The molecule has 2 aromatic rings. The van der Waals surface area contributed by atoms with Gasteiger partial charge >= 0.3 is 0 Å². The van der Waals surface area contributed by atoms with Gasteiger partial charge in [0, 0.05) is 6.54 Å². The van der Waals surface area contributed by atoms with Crippen LogP contribution in [-0.4, -0.2) is 28.8 Å². The molecule has 0 aliphatic carbocycles. The van der Waals surface area contributed by atoms with Crippen LogP contribution in [0.4, 0.5) is 10.1 Å². The maximum Gasteiger partial charge on any atom is 0.283 e. The Labute approximate surface area is 173 Å². The molecule has 0 radical (unpaired) electrons. The van der Waals surface area contributed by atoms with Crippen molar-refractivity contribution in [3.8, 4) is 0 Å². The molecule has 0 saturated carbocycles. The molecular formula is C22H20FN3O2S. The highest BCUT2D eigenvalue weighted by Gasteiger charge is 2.34. The third-order valence-corrected chi connectivity index (χ3v) is 5.14. The first kappa shape index (κ1) is 20.5. The molecule has 29 heavy (non-hydrogen) atoms. The number of aliphatic imine (C=N–C) groups is 1. The Kier molecular flexibility index (Phi) is 6.61. The average molecular weight is 409 g/mol. The molecule has 0 fully saturated rings. The molecule has 7 heteroatoms. The molecular weight excluding hydrogens is 389 g/mol. The number of benzene rings is 2. The topological polar surface area (TPSA) is 61.8 Å². The van der Waals surface area contributed by atoms with Gasteiger partial charge in [-0.15, -0.1) is 6.58 Å². The van der Waals surface area contributed by atoms with Crippen molar-refractivity contribution < 1.29 is 14.0 Å². The van der Waals surface area contributed by atoms with Gasteiger partial charge in [0.15, 0.2) is 5.17 Å². The second-order valence-corrected chi connectivity index (χ2v) is 7.55. The van der Waals surface area contributed by atoms with Crippen molar-refractivity contribution in [3.05, 3.63) is 84.3 Å². The molecule has 0 unspecified atom stereocenters. The summed E-state index contributed by atoms with van der Waals surface area (Å²) in [5.41, 5.74) is 1.57. The highest BCUT2D eigenvalue weighted by atomic mass is 32.2. The molecule has 0 saturated heterocycles. The van der Waals surface area contributed by atoms with Crippen molar-refractivity contribution in [1.82, 2.24) is 5.32 Å². The van der Waals surface area contributed by atoms with Crippen LogP contribution in [0.5, 0.6) is 0 Å². The number of thioether (sulfide) groups is 1.